The zero-order valence-electron chi connectivity index (χ0n) is 15.4. The Morgan fingerprint density at radius 3 is 2.86 bits per heavy atom. The average Bonchev–Trinajstić information content (AvgIpc) is 3.32. The van der Waals surface area contributed by atoms with Crippen LogP contribution in [0.3, 0.4) is 0 Å². The third-order valence-electron chi connectivity index (χ3n) is 5.38. The van der Waals surface area contributed by atoms with Crippen molar-refractivity contribution in [2.45, 2.75) is 6.92 Å². The van der Waals surface area contributed by atoms with E-state index in [1.807, 2.05) is 25.1 Å². The molecule has 1 saturated heterocycles. The summed E-state index contributed by atoms with van der Waals surface area (Å²) in [5.41, 5.74) is 12.2. The van der Waals surface area contributed by atoms with E-state index < -0.39 is 0 Å². The third kappa shape index (κ3) is 2.83. The zero-order chi connectivity index (χ0) is 19.3. The van der Waals surface area contributed by atoms with Crippen molar-refractivity contribution in [3.05, 3.63) is 40.6 Å². The lowest BCUT2D eigenvalue weighted by atomic mass is 9.95. The number of anilines is 2. The van der Waals surface area contributed by atoms with E-state index in [1.54, 1.807) is 6.20 Å². The number of hydrogen-bond acceptors (Lipinski definition) is 6. The number of nitrogens with one attached hydrogen (secondary N) is 4. The quantitative estimate of drug-likeness (QED) is 0.583. The van der Waals surface area contributed by atoms with Crippen LogP contribution in [-0.4, -0.2) is 37.1 Å². The van der Waals surface area contributed by atoms with Crippen LogP contribution in [0.1, 0.15) is 11.1 Å². The number of fused-ring (bicyclic) bond motifs is 2. The number of hydrazine groups is 1. The van der Waals surface area contributed by atoms with E-state index in [9.17, 15) is 4.79 Å². The Hall–Kier alpha value is -2.61. The van der Waals surface area contributed by atoms with Gasteiger partial charge in [0.05, 0.1) is 10.7 Å². The van der Waals surface area contributed by atoms with Crippen molar-refractivity contribution in [2.24, 2.45) is 5.92 Å². The minimum absolute atomic E-state index is 0.115. The number of nitrogens with zero attached hydrogens (tertiary/aromatic N) is 1. The molecule has 1 aromatic heterocycles. The molecule has 8 heteroatoms. The van der Waals surface area contributed by atoms with Gasteiger partial charge in [-0.2, -0.15) is 0 Å². The van der Waals surface area contributed by atoms with Crippen molar-refractivity contribution in [2.75, 3.05) is 36.9 Å². The molecule has 0 bridgehead atoms. The van der Waals surface area contributed by atoms with Gasteiger partial charge in [-0.05, 0) is 30.2 Å². The summed E-state index contributed by atoms with van der Waals surface area (Å²) in [5, 5.41) is 6.79. The number of amides is 1. The molecule has 7 nitrogen and oxygen atoms in total. The van der Waals surface area contributed by atoms with Crippen molar-refractivity contribution < 1.29 is 9.53 Å². The molecule has 2 aromatic rings. The first-order valence-electron chi connectivity index (χ1n) is 9.31. The van der Waals surface area contributed by atoms with E-state index in [4.69, 9.17) is 16.3 Å². The molecule has 28 heavy (non-hydrogen) atoms. The molecule has 5 rings (SSSR count). The van der Waals surface area contributed by atoms with E-state index in [0.717, 1.165) is 47.6 Å². The highest BCUT2D eigenvalue weighted by Crippen LogP contribution is 2.43. The molecule has 3 aliphatic rings. The molecule has 3 aliphatic heterocycles. The Morgan fingerprint density at radius 1 is 1.21 bits per heavy atom. The predicted octanol–water partition coefficient (Wildman–Crippen LogP) is 2.57. The summed E-state index contributed by atoms with van der Waals surface area (Å²) in [6.07, 6.45) is 3.82. The molecule has 0 saturated carbocycles. The summed E-state index contributed by atoms with van der Waals surface area (Å²) >= 11 is 6.54. The fourth-order valence-electron chi connectivity index (χ4n) is 3.91. The molecule has 1 amide bonds. The van der Waals surface area contributed by atoms with Gasteiger partial charge < -0.3 is 15.4 Å². The monoisotopic (exact) mass is 397 g/mol. The number of rotatable bonds is 2. The minimum atomic E-state index is -0.115. The van der Waals surface area contributed by atoms with E-state index >= 15 is 0 Å². The van der Waals surface area contributed by atoms with Crippen molar-refractivity contribution in [1.82, 2.24) is 15.8 Å². The van der Waals surface area contributed by atoms with Crippen LogP contribution in [0.5, 0.6) is 5.88 Å². The summed E-state index contributed by atoms with van der Waals surface area (Å²) in [4.78, 5) is 17.0. The number of pyridine rings is 1. The van der Waals surface area contributed by atoms with Crippen molar-refractivity contribution >= 4 is 34.5 Å². The fraction of sp³-hybridized carbons (Fsp3) is 0.300. The Bertz CT molecular complexity index is 1010. The highest BCUT2D eigenvalue weighted by Gasteiger charge is 2.29. The van der Waals surface area contributed by atoms with Gasteiger partial charge in [0.25, 0.3) is 5.91 Å². The second-order valence-corrected chi connectivity index (χ2v) is 7.60. The van der Waals surface area contributed by atoms with Gasteiger partial charge in [-0.3, -0.25) is 15.6 Å². The van der Waals surface area contributed by atoms with Crippen molar-refractivity contribution in [3.8, 4) is 17.0 Å². The Kier molecular flexibility index (Phi) is 4.23. The van der Waals surface area contributed by atoms with E-state index in [0.29, 0.717) is 28.8 Å². The van der Waals surface area contributed by atoms with Crippen LogP contribution in [0.2, 0.25) is 5.02 Å². The molecule has 1 aromatic carbocycles. The summed E-state index contributed by atoms with van der Waals surface area (Å²) in [6, 6.07) is 3.89. The van der Waals surface area contributed by atoms with Crippen LogP contribution in [0, 0.1) is 12.8 Å². The molecule has 0 spiro atoms. The lowest BCUT2D eigenvalue weighted by Gasteiger charge is -2.21. The van der Waals surface area contributed by atoms with Crippen LogP contribution in [-0.2, 0) is 4.79 Å². The molecule has 0 aliphatic carbocycles. The number of ether oxygens (including phenoxy) is 1. The fourth-order valence-corrected chi connectivity index (χ4v) is 4.18. The van der Waals surface area contributed by atoms with Gasteiger partial charge >= 0.3 is 0 Å². The van der Waals surface area contributed by atoms with Gasteiger partial charge in [0, 0.05) is 48.4 Å². The number of carbonyl (C=O) groups is 1. The van der Waals surface area contributed by atoms with Crippen LogP contribution in [0.4, 0.5) is 11.4 Å². The summed E-state index contributed by atoms with van der Waals surface area (Å²) in [6.45, 7) is 4.97. The Labute approximate surface area is 167 Å². The van der Waals surface area contributed by atoms with Crippen molar-refractivity contribution in [1.29, 1.82) is 0 Å². The van der Waals surface area contributed by atoms with Gasteiger partial charge in [-0.25, -0.2) is 4.98 Å². The van der Waals surface area contributed by atoms with Crippen LogP contribution in [0.15, 0.2) is 24.4 Å². The molecular weight excluding hydrogens is 378 g/mol. The molecule has 0 unspecified atom stereocenters. The maximum absolute atomic E-state index is 12.6. The van der Waals surface area contributed by atoms with Crippen LogP contribution < -0.4 is 26.2 Å². The highest BCUT2D eigenvalue weighted by atomic mass is 35.5. The number of benzene rings is 1. The molecular formula is C20H20ClN5O2. The highest BCUT2D eigenvalue weighted by molar-refractivity contribution is 6.40. The predicted molar refractivity (Wildman–Crippen MR) is 110 cm³/mol. The van der Waals surface area contributed by atoms with Gasteiger partial charge in [0.1, 0.15) is 12.3 Å². The lowest BCUT2D eigenvalue weighted by molar-refractivity contribution is -0.110. The second-order valence-electron chi connectivity index (χ2n) is 7.19. The molecule has 0 radical (unpaired) electrons. The van der Waals surface area contributed by atoms with E-state index in [-0.39, 0.29) is 11.8 Å². The molecule has 0 atom stereocenters. The average molecular weight is 398 g/mol. The normalized spacial score (nSPS) is 19.8. The standard InChI is InChI=1S/C20H20ClN5O2/c1-10-15(9-23-20-17(10)22-2-3-28-20)12-5-13-14(4-11-7-24-25-8-11)19(27)26-18(13)16(21)6-12/h4-6,9,11,22,24-25H,2-3,7-8H2,1H3,(H,26,27)/b14-4-. The lowest BCUT2D eigenvalue weighted by Crippen LogP contribution is -2.21. The molecule has 4 heterocycles. The largest absolute Gasteiger partial charge is 0.474 e. The minimum Gasteiger partial charge on any atom is -0.474 e. The third-order valence-corrected chi connectivity index (χ3v) is 5.67. The first kappa shape index (κ1) is 17.5. The number of carbonyl (C=O) groups excluding carboxylic acids is 1. The van der Waals surface area contributed by atoms with Gasteiger partial charge in [-0.15, -0.1) is 0 Å². The van der Waals surface area contributed by atoms with Crippen LogP contribution >= 0.6 is 11.6 Å². The summed E-state index contributed by atoms with van der Waals surface area (Å²) in [5.74, 6) is 0.761. The molecule has 1 fully saturated rings. The maximum atomic E-state index is 12.6. The number of hydrogen-bond donors (Lipinski definition) is 4. The van der Waals surface area contributed by atoms with Crippen molar-refractivity contribution in [3.63, 3.8) is 0 Å². The maximum Gasteiger partial charge on any atom is 0.256 e. The summed E-state index contributed by atoms with van der Waals surface area (Å²) in [7, 11) is 0. The van der Waals surface area contributed by atoms with Crippen LogP contribution in [0.25, 0.3) is 16.7 Å². The SMILES string of the molecule is Cc1c(-c2cc(Cl)c3c(c2)/C(=C/C2CNNC2)C(=O)N3)cnc2c1NCCO2. The van der Waals surface area contributed by atoms with E-state index in [1.165, 1.54) is 0 Å². The molecule has 144 valence electrons. The molecule has 4 N–H and O–H groups in total. The number of halogens is 1. The van der Waals surface area contributed by atoms with E-state index in [2.05, 4.69) is 26.5 Å². The summed E-state index contributed by atoms with van der Waals surface area (Å²) < 4.78 is 5.62. The smallest absolute Gasteiger partial charge is 0.256 e. The first-order valence-corrected chi connectivity index (χ1v) is 9.69. The van der Waals surface area contributed by atoms with Gasteiger partial charge in [0.15, 0.2) is 0 Å². The van der Waals surface area contributed by atoms with Gasteiger partial charge in [0.2, 0.25) is 5.88 Å². The van der Waals surface area contributed by atoms with Gasteiger partial charge in [-0.1, -0.05) is 17.7 Å². The Morgan fingerprint density at radius 2 is 2.04 bits per heavy atom. The Balaban J connectivity index is 1.61. The first-order chi connectivity index (χ1) is 13.6. The zero-order valence-corrected chi connectivity index (χ0v) is 16.1. The number of aromatic nitrogens is 1. The second kappa shape index (κ2) is 6.77. The topological polar surface area (TPSA) is 87.3 Å².